The molecular weight excluding hydrogens is 344 g/mol. The summed E-state index contributed by atoms with van der Waals surface area (Å²) in [5, 5.41) is 2.77. The normalized spacial score (nSPS) is 10.2. The van der Waals surface area contributed by atoms with E-state index in [2.05, 4.69) is 5.32 Å². The summed E-state index contributed by atoms with van der Waals surface area (Å²) < 4.78 is 10.8. The van der Waals surface area contributed by atoms with Gasteiger partial charge in [-0.1, -0.05) is 18.2 Å². The molecule has 0 atom stereocenters. The Hall–Kier alpha value is -3.02. The fraction of sp³-hybridized carbons (Fsp3) is 0.333. The monoisotopic (exact) mass is 370 g/mol. The molecule has 2 aromatic rings. The van der Waals surface area contributed by atoms with Crippen molar-refractivity contribution in [2.24, 2.45) is 0 Å². The van der Waals surface area contributed by atoms with Crippen molar-refractivity contribution >= 4 is 17.5 Å². The Morgan fingerprint density at radius 2 is 1.85 bits per heavy atom. The number of nitrogens with one attached hydrogen (secondary N) is 1. The van der Waals surface area contributed by atoms with Crippen LogP contribution in [-0.2, 0) is 9.59 Å². The number of ether oxygens (including phenoxy) is 2. The highest BCUT2D eigenvalue weighted by Crippen LogP contribution is 2.20. The van der Waals surface area contributed by atoms with Crippen LogP contribution in [0.3, 0.4) is 0 Å². The predicted octanol–water partition coefficient (Wildman–Crippen LogP) is 3.18. The van der Waals surface area contributed by atoms with Gasteiger partial charge in [-0.15, -0.1) is 0 Å². The van der Waals surface area contributed by atoms with Gasteiger partial charge in [-0.25, -0.2) is 0 Å². The molecule has 1 N–H and O–H groups in total. The molecule has 6 heteroatoms. The first-order valence-corrected chi connectivity index (χ1v) is 8.85. The number of methoxy groups -OCH3 is 1. The standard InChI is InChI=1S/C21H26N2O4/c1-5-23(13-20(24)22-17-9-7-10-18(12-17)26-4)21(25)14-27-19-11-6-8-15(2)16(19)3/h6-12H,5,13-14H2,1-4H3,(H,22,24). The first-order chi connectivity index (χ1) is 12.9. The van der Waals surface area contributed by atoms with Gasteiger partial charge in [-0.3, -0.25) is 9.59 Å². The van der Waals surface area contributed by atoms with Gasteiger partial charge < -0.3 is 19.7 Å². The van der Waals surface area contributed by atoms with Crippen LogP contribution >= 0.6 is 0 Å². The van der Waals surface area contributed by atoms with Crippen LogP contribution in [0.25, 0.3) is 0 Å². The Balaban J connectivity index is 1.91. The minimum atomic E-state index is -0.273. The number of nitrogens with zero attached hydrogens (tertiary/aromatic N) is 1. The molecule has 27 heavy (non-hydrogen) atoms. The average molecular weight is 370 g/mol. The van der Waals surface area contributed by atoms with Gasteiger partial charge in [-0.2, -0.15) is 0 Å². The topological polar surface area (TPSA) is 67.9 Å². The molecule has 144 valence electrons. The van der Waals surface area contributed by atoms with Crippen LogP contribution in [-0.4, -0.2) is 43.5 Å². The Bertz CT molecular complexity index is 805. The third-order valence-electron chi connectivity index (χ3n) is 4.33. The molecule has 0 radical (unpaired) electrons. The summed E-state index contributed by atoms with van der Waals surface area (Å²) >= 11 is 0. The van der Waals surface area contributed by atoms with Crippen molar-refractivity contribution in [2.45, 2.75) is 20.8 Å². The molecule has 0 bridgehead atoms. The highest BCUT2D eigenvalue weighted by molar-refractivity contribution is 5.94. The summed E-state index contributed by atoms with van der Waals surface area (Å²) in [5.41, 5.74) is 2.73. The predicted molar refractivity (Wildman–Crippen MR) is 105 cm³/mol. The maximum absolute atomic E-state index is 12.4. The fourth-order valence-corrected chi connectivity index (χ4v) is 2.56. The molecule has 0 saturated heterocycles. The molecule has 6 nitrogen and oxygen atoms in total. The van der Waals surface area contributed by atoms with Gasteiger partial charge >= 0.3 is 0 Å². The maximum atomic E-state index is 12.4. The van der Waals surface area contributed by atoms with Crippen LogP contribution in [0.4, 0.5) is 5.69 Å². The van der Waals surface area contributed by atoms with E-state index in [9.17, 15) is 9.59 Å². The number of carbonyl (C=O) groups excluding carboxylic acids is 2. The van der Waals surface area contributed by atoms with Crippen LogP contribution in [0.15, 0.2) is 42.5 Å². The lowest BCUT2D eigenvalue weighted by atomic mass is 10.1. The Labute approximate surface area is 160 Å². The third-order valence-corrected chi connectivity index (χ3v) is 4.33. The van der Waals surface area contributed by atoms with Crippen LogP contribution in [0.5, 0.6) is 11.5 Å². The van der Waals surface area contributed by atoms with E-state index in [1.54, 1.807) is 31.4 Å². The van der Waals surface area contributed by atoms with Crippen molar-refractivity contribution in [3.05, 3.63) is 53.6 Å². The average Bonchev–Trinajstić information content (AvgIpc) is 2.67. The smallest absolute Gasteiger partial charge is 0.260 e. The van der Waals surface area contributed by atoms with Crippen molar-refractivity contribution in [2.75, 3.05) is 32.1 Å². The van der Waals surface area contributed by atoms with E-state index in [-0.39, 0.29) is 25.0 Å². The zero-order valence-electron chi connectivity index (χ0n) is 16.2. The van der Waals surface area contributed by atoms with Gasteiger partial charge in [0.05, 0.1) is 13.7 Å². The Morgan fingerprint density at radius 3 is 2.56 bits per heavy atom. The molecule has 0 aromatic heterocycles. The number of hydrogen-bond acceptors (Lipinski definition) is 4. The number of benzene rings is 2. The lowest BCUT2D eigenvalue weighted by Gasteiger charge is -2.21. The number of likely N-dealkylation sites (N-methyl/N-ethyl adjacent to an activating group) is 1. The van der Waals surface area contributed by atoms with Crippen LogP contribution < -0.4 is 14.8 Å². The van der Waals surface area contributed by atoms with E-state index in [1.807, 2.05) is 39.0 Å². The Kier molecular flexibility index (Phi) is 7.23. The molecule has 0 aliphatic carbocycles. The molecule has 0 spiro atoms. The van der Waals surface area contributed by atoms with Gasteiger partial charge in [0.2, 0.25) is 5.91 Å². The van der Waals surface area contributed by atoms with Crippen molar-refractivity contribution in [3.63, 3.8) is 0 Å². The summed E-state index contributed by atoms with van der Waals surface area (Å²) in [6, 6.07) is 12.8. The molecule has 2 amide bonds. The number of amides is 2. The van der Waals surface area contributed by atoms with Crippen molar-refractivity contribution < 1.29 is 19.1 Å². The zero-order valence-corrected chi connectivity index (χ0v) is 16.2. The second-order valence-corrected chi connectivity index (χ2v) is 6.17. The van der Waals surface area contributed by atoms with Gasteiger partial charge in [0.1, 0.15) is 11.5 Å². The third kappa shape index (κ3) is 5.74. The maximum Gasteiger partial charge on any atom is 0.260 e. The van der Waals surface area contributed by atoms with Crippen LogP contribution in [0.1, 0.15) is 18.1 Å². The van der Waals surface area contributed by atoms with Crippen LogP contribution in [0, 0.1) is 13.8 Å². The lowest BCUT2D eigenvalue weighted by Crippen LogP contribution is -2.40. The zero-order chi connectivity index (χ0) is 19.8. The van der Waals surface area contributed by atoms with E-state index in [0.717, 1.165) is 11.1 Å². The molecule has 0 aliphatic rings. The highest BCUT2D eigenvalue weighted by atomic mass is 16.5. The van der Waals surface area contributed by atoms with Crippen molar-refractivity contribution in [3.8, 4) is 11.5 Å². The van der Waals surface area contributed by atoms with Gasteiger partial charge in [-0.05, 0) is 50.1 Å². The molecule has 0 heterocycles. The number of hydrogen-bond donors (Lipinski definition) is 1. The summed E-state index contributed by atoms with van der Waals surface area (Å²) in [7, 11) is 1.56. The number of carbonyl (C=O) groups is 2. The van der Waals surface area contributed by atoms with Crippen molar-refractivity contribution in [1.29, 1.82) is 0 Å². The minimum absolute atomic E-state index is 0.0390. The fourth-order valence-electron chi connectivity index (χ4n) is 2.56. The summed E-state index contributed by atoms with van der Waals surface area (Å²) in [6.45, 7) is 6.04. The van der Waals surface area contributed by atoms with Gasteiger partial charge in [0.15, 0.2) is 6.61 Å². The second kappa shape index (κ2) is 9.62. The van der Waals surface area contributed by atoms with E-state index in [0.29, 0.717) is 23.7 Å². The molecule has 2 aromatic carbocycles. The van der Waals surface area contributed by atoms with Crippen molar-refractivity contribution in [1.82, 2.24) is 4.90 Å². The van der Waals surface area contributed by atoms with E-state index in [4.69, 9.17) is 9.47 Å². The summed E-state index contributed by atoms with van der Waals surface area (Å²) in [4.78, 5) is 26.2. The van der Waals surface area contributed by atoms with Gasteiger partial charge in [0, 0.05) is 18.3 Å². The molecule has 0 saturated carbocycles. The SMILES string of the molecule is CCN(CC(=O)Nc1cccc(OC)c1)C(=O)COc1cccc(C)c1C. The van der Waals surface area contributed by atoms with Gasteiger partial charge in [0.25, 0.3) is 5.91 Å². The highest BCUT2D eigenvalue weighted by Gasteiger charge is 2.17. The number of anilines is 1. The second-order valence-electron chi connectivity index (χ2n) is 6.17. The lowest BCUT2D eigenvalue weighted by molar-refractivity contribution is -0.136. The molecular formula is C21H26N2O4. The number of rotatable bonds is 8. The van der Waals surface area contributed by atoms with E-state index < -0.39 is 0 Å². The molecule has 2 rings (SSSR count). The molecule has 0 fully saturated rings. The first kappa shape index (κ1) is 20.3. The summed E-state index contributed by atoms with van der Waals surface area (Å²) in [5.74, 6) is 0.822. The largest absolute Gasteiger partial charge is 0.497 e. The molecule has 0 unspecified atom stereocenters. The van der Waals surface area contributed by atoms with E-state index in [1.165, 1.54) is 4.90 Å². The minimum Gasteiger partial charge on any atom is -0.497 e. The first-order valence-electron chi connectivity index (χ1n) is 8.85. The van der Waals surface area contributed by atoms with Crippen LogP contribution in [0.2, 0.25) is 0 Å². The van der Waals surface area contributed by atoms with E-state index >= 15 is 0 Å². The Morgan fingerprint density at radius 1 is 1.11 bits per heavy atom. The number of aryl methyl sites for hydroxylation is 1. The quantitative estimate of drug-likeness (QED) is 0.775. The molecule has 0 aliphatic heterocycles. The summed E-state index contributed by atoms with van der Waals surface area (Å²) in [6.07, 6.45) is 0.